The minimum atomic E-state index is 0. The van der Waals surface area contributed by atoms with Gasteiger partial charge in [0, 0.05) is 62.3 Å². The van der Waals surface area contributed by atoms with Gasteiger partial charge in [0.2, 0.25) is 0 Å². The first kappa shape index (κ1) is 16.0. The molecule has 1 aliphatic rings. The molecular formula is C9H8CuMoOV. The van der Waals surface area contributed by atoms with Crippen LogP contribution >= 0.6 is 0 Å². The van der Waals surface area contributed by atoms with Gasteiger partial charge in [-0.2, -0.15) is 0 Å². The molecule has 0 aliphatic carbocycles. The molecule has 0 saturated heterocycles. The average Bonchev–Trinajstić information content (AvgIpc) is 2.05. The summed E-state index contributed by atoms with van der Waals surface area (Å²) in [7, 11) is 0. The molecule has 0 bridgehead atoms. The molecule has 1 heterocycles. The zero-order chi connectivity index (χ0) is 6.81. The molecule has 1 aliphatic heterocycles. The van der Waals surface area contributed by atoms with E-state index >= 15 is 0 Å². The molecule has 0 fully saturated rings. The van der Waals surface area contributed by atoms with Crippen molar-refractivity contribution < 1.29 is 61.4 Å². The van der Waals surface area contributed by atoms with Crippen LogP contribution in [0.15, 0.2) is 30.3 Å². The minimum Gasteiger partial charge on any atom is -0.489 e. The molecule has 1 aromatic rings. The molecule has 72 valence electrons. The Hall–Kier alpha value is 0.552. The fraction of sp³-hybridized carbons (Fsp3) is 0.111. The largest absolute Gasteiger partial charge is 0.489 e. The van der Waals surface area contributed by atoms with Crippen molar-refractivity contribution in [2.75, 3.05) is 6.61 Å². The second-order valence-corrected chi connectivity index (χ2v) is 2.25. The van der Waals surface area contributed by atoms with Crippen molar-refractivity contribution in [2.24, 2.45) is 0 Å². The van der Waals surface area contributed by atoms with E-state index in [1.165, 1.54) is 5.56 Å². The SMILES string of the molecule is C1=Cc2ccccc2OC1.[Cu].[Mo].[V]. The molecule has 4 heteroatoms. The number of para-hydroxylation sites is 1. The van der Waals surface area contributed by atoms with Crippen molar-refractivity contribution >= 4 is 6.08 Å². The van der Waals surface area contributed by atoms with E-state index in [0.717, 1.165) is 5.75 Å². The van der Waals surface area contributed by atoms with Crippen LogP contribution in [0.3, 0.4) is 0 Å². The molecular weight excluding hydrogens is 335 g/mol. The number of hydrogen-bond acceptors (Lipinski definition) is 1. The molecule has 2 radical (unpaired) electrons. The third-order valence-corrected chi connectivity index (χ3v) is 1.55. The van der Waals surface area contributed by atoms with Crippen molar-refractivity contribution in [3.63, 3.8) is 0 Å². The fourth-order valence-corrected chi connectivity index (χ4v) is 1.06. The Labute approximate surface area is 115 Å². The van der Waals surface area contributed by atoms with Crippen LogP contribution in [0.25, 0.3) is 6.08 Å². The number of benzene rings is 1. The Morgan fingerprint density at radius 2 is 1.85 bits per heavy atom. The summed E-state index contributed by atoms with van der Waals surface area (Å²) in [5, 5.41) is 0. The molecule has 0 N–H and O–H groups in total. The predicted octanol–water partition coefficient (Wildman–Crippen LogP) is 2.08. The molecule has 0 atom stereocenters. The monoisotopic (exact) mass is 344 g/mol. The summed E-state index contributed by atoms with van der Waals surface area (Å²) in [5.41, 5.74) is 1.17. The van der Waals surface area contributed by atoms with Gasteiger partial charge in [0.1, 0.15) is 12.4 Å². The number of rotatable bonds is 0. The fourth-order valence-electron chi connectivity index (χ4n) is 1.06. The van der Waals surface area contributed by atoms with Crippen molar-refractivity contribution in [1.82, 2.24) is 0 Å². The van der Waals surface area contributed by atoms with E-state index in [1.807, 2.05) is 30.3 Å². The second kappa shape index (κ2) is 7.91. The molecule has 0 aromatic heterocycles. The first-order valence-electron chi connectivity index (χ1n) is 3.35. The maximum Gasteiger partial charge on any atom is 0.126 e. The standard InChI is InChI=1S/C9H8O.Cu.Mo.V/c1-2-6-9-8(4-1)5-3-7-10-9;;;/h1-6H,7H2;;;. The van der Waals surface area contributed by atoms with Crippen LogP contribution in [0.5, 0.6) is 5.75 Å². The summed E-state index contributed by atoms with van der Waals surface area (Å²) in [6.45, 7) is 0.705. The molecule has 2 rings (SSSR count). The van der Waals surface area contributed by atoms with Crippen LogP contribution in [-0.2, 0) is 56.7 Å². The number of ether oxygens (including phenoxy) is 1. The Morgan fingerprint density at radius 3 is 2.54 bits per heavy atom. The molecule has 0 unspecified atom stereocenters. The van der Waals surface area contributed by atoms with Gasteiger partial charge in [-0.3, -0.25) is 0 Å². The molecule has 0 spiro atoms. The summed E-state index contributed by atoms with van der Waals surface area (Å²) < 4.78 is 5.34. The number of hydrogen-bond donors (Lipinski definition) is 0. The predicted molar refractivity (Wildman–Crippen MR) is 41.0 cm³/mol. The molecule has 1 aromatic carbocycles. The maximum atomic E-state index is 5.34. The molecule has 0 amide bonds. The van der Waals surface area contributed by atoms with Gasteiger partial charge in [0.25, 0.3) is 0 Å². The van der Waals surface area contributed by atoms with Crippen molar-refractivity contribution in [2.45, 2.75) is 0 Å². The summed E-state index contributed by atoms with van der Waals surface area (Å²) in [6.07, 6.45) is 4.10. The van der Waals surface area contributed by atoms with E-state index in [2.05, 4.69) is 6.08 Å². The van der Waals surface area contributed by atoms with Crippen molar-refractivity contribution in [3.8, 4) is 5.75 Å². The smallest absolute Gasteiger partial charge is 0.126 e. The molecule has 0 saturated carbocycles. The van der Waals surface area contributed by atoms with Gasteiger partial charge in [-0.25, -0.2) is 0 Å². The third kappa shape index (κ3) is 4.06. The Morgan fingerprint density at radius 1 is 1.15 bits per heavy atom. The average molecular weight is 343 g/mol. The normalized spacial score (nSPS) is 10.8. The zero-order valence-electron chi connectivity index (χ0n) is 6.74. The van der Waals surface area contributed by atoms with Crippen LogP contribution in [0.2, 0.25) is 0 Å². The van der Waals surface area contributed by atoms with Crippen LogP contribution in [0, 0.1) is 0 Å². The van der Waals surface area contributed by atoms with Gasteiger partial charge in [0.15, 0.2) is 0 Å². The summed E-state index contributed by atoms with van der Waals surface area (Å²) >= 11 is 0. The van der Waals surface area contributed by atoms with Gasteiger partial charge in [-0.05, 0) is 12.1 Å². The minimum absolute atomic E-state index is 0. The van der Waals surface area contributed by atoms with Crippen molar-refractivity contribution in [3.05, 3.63) is 35.9 Å². The Bertz CT molecular complexity index is 278. The molecule has 13 heavy (non-hydrogen) atoms. The van der Waals surface area contributed by atoms with Gasteiger partial charge in [-0.15, -0.1) is 0 Å². The third-order valence-electron chi connectivity index (χ3n) is 1.55. The van der Waals surface area contributed by atoms with Gasteiger partial charge >= 0.3 is 0 Å². The zero-order valence-corrected chi connectivity index (χ0v) is 11.1. The summed E-state index contributed by atoms with van der Waals surface area (Å²) in [4.78, 5) is 0. The van der Waals surface area contributed by atoms with E-state index in [9.17, 15) is 0 Å². The van der Waals surface area contributed by atoms with E-state index < -0.39 is 0 Å². The summed E-state index contributed by atoms with van der Waals surface area (Å²) in [5.74, 6) is 0.991. The van der Waals surface area contributed by atoms with E-state index in [-0.39, 0.29) is 56.7 Å². The van der Waals surface area contributed by atoms with Crippen LogP contribution in [0.4, 0.5) is 0 Å². The maximum absolute atomic E-state index is 5.34. The van der Waals surface area contributed by atoms with Crippen LogP contribution in [0.1, 0.15) is 5.56 Å². The Balaban J connectivity index is 0. The van der Waals surface area contributed by atoms with E-state index in [4.69, 9.17) is 4.74 Å². The quantitative estimate of drug-likeness (QED) is 0.656. The van der Waals surface area contributed by atoms with Crippen molar-refractivity contribution in [1.29, 1.82) is 0 Å². The second-order valence-electron chi connectivity index (χ2n) is 2.25. The van der Waals surface area contributed by atoms with Crippen LogP contribution < -0.4 is 4.74 Å². The molecule has 1 nitrogen and oxygen atoms in total. The Kier molecular flexibility index (Phi) is 9.74. The van der Waals surface area contributed by atoms with Gasteiger partial charge in [-0.1, -0.05) is 24.3 Å². The van der Waals surface area contributed by atoms with Gasteiger partial charge < -0.3 is 4.74 Å². The topological polar surface area (TPSA) is 9.23 Å². The first-order chi connectivity index (χ1) is 4.97. The first-order valence-corrected chi connectivity index (χ1v) is 3.35. The van der Waals surface area contributed by atoms with Gasteiger partial charge in [0.05, 0.1) is 0 Å². The van der Waals surface area contributed by atoms with E-state index in [0.29, 0.717) is 6.61 Å². The number of fused-ring (bicyclic) bond motifs is 1. The van der Waals surface area contributed by atoms with Crippen LogP contribution in [-0.4, -0.2) is 6.61 Å². The van der Waals surface area contributed by atoms with E-state index in [1.54, 1.807) is 0 Å². The summed E-state index contributed by atoms with van der Waals surface area (Å²) in [6, 6.07) is 8.03.